The smallest absolute Gasteiger partial charge is 0.295 e. The van der Waals surface area contributed by atoms with Crippen LogP contribution in [0.5, 0.6) is 5.75 Å². The third-order valence-corrected chi connectivity index (χ3v) is 4.93. The second-order valence-electron chi connectivity index (χ2n) is 7.45. The van der Waals surface area contributed by atoms with E-state index in [0.717, 1.165) is 6.42 Å². The van der Waals surface area contributed by atoms with E-state index < -0.39 is 17.7 Å². The molecule has 1 aliphatic rings. The Balaban J connectivity index is 2.03. The highest BCUT2D eigenvalue weighted by molar-refractivity contribution is 6.46. The molecule has 2 aromatic rings. The predicted octanol–water partition coefficient (Wildman–Crippen LogP) is 2.85. The summed E-state index contributed by atoms with van der Waals surface area (Å²) in [5, 5.41) is 11.0. The Morgan fingerprint density at radius 3 is 2.53 bits per heavy atom. The molecule has 0 radical (unpaired) electrons. The molecule has 7 heteroatoms. The Bertz CT molecular complexity index is 923. The number of aromatic nitrogens is 1. The van der Waals surface area contributed by atoms with Gasteiger partial charge >= 0.3 is 0 Å². The van der Waals surface area contributed by atoms with E-state index in [-0.39, 0.29) is 11.3 Å². The summed E-state index contributed by atoms with van der Waals surface area (Å²) in [5.74, 6) is -0.818. The van der Waals surface area contributed by atoms with Gasteiger partial charge in [0, 0.05) is 31.0 Å². The third-order valence-electron chi connectivity index (χ3n) is 4.93. The summed E-state index contributed by atoms with van der Waals surface area (Å²) >= 11 is 0. The maximum absolute atomic E-state index is 12.9. The zero-order valence-corrected chi connectivity index (χ0v) is 17.5. The number of carbonyl (C=O) groups is 2. The fourth-order valence-corrected chi connectivity index (χ4v) is 3.39. The van der Waals surface area contributed by atoms with Gasteiger partial charge in [-0.15, -0.1) is 0 Å². The summed E-state index contributed by atoms with van der Waals surface area (Å²) in [7, 11) is 3.80. The number of likely N-dealkylation sites (tertiary alicyclic amines) is 1. The van der Waals surface area contributed by atoms with Crippen LogP contribution in [0.4, 0.5) is 0 Å². The molecule has 1 aromatic heterocycles. The molecule has 3 rings (SSSR count). The van der Waals surface area contributed by atoms with E-state index >= 15 is 0 Å². The number of rotatable bonds is 8. The van der Waals surface area contributed by atoms with Gasteiger partial charge in [-0.2, -0.15) is 0 Å². The molecule has 1 aliphatic heterocycles. The lowest BCUT2D eigenvalue weighted by Crippen LogP contribution is -2.35. The van der Waals surface area contributed by atoms with Crippen LogP contribution in [0.25, 0.3) is 5.76 Å². The first kappa shape index (κ1) is 21.5. The van der Waals surface area contributed by atoms with Crippen LogP contribution >= 0.6 is 0 Å². The molecule has 1 amide bonds. The number of hydrogen-bond donors (Lipinski definition) is 1. The fourth-order valence-electron chi connectivity index (χ4n) is 3.39. The first-order chi connectivity index (χ1) is 14.4. The predicted molar refractivity (Wildman–Crippen MR) is 114 cm³/mol. The lowest BCUT2D eigenvalue weighted by atomic mass is 9.96. The SMILES string of the molecule is CCCOc1ccc(/C(O)=C2\C(=O)C(=O)N(CCN(C)C)[C@H]2c2cccnc2)cc1. The Kier molecular flexibility index (Phi) is 6.84. The van der Waals surface area contributed by atoms with Crippen LogP contribution in [0.2, 0.25) is 0 Å². The maximum atomic E-state index is 12.9. The standard InChI is InChI=1S/C23H27N3O4/c1-4-14-30-18-9-7-16(8-10-18)21(27)19-20(17-6-5-11-24-15-17)26(13-12-25(2)3)23(29)22(19)28/h5-11,15,20,27H,4,12-14H2,1-3H3/b21-19+/t20-/m0/s1. The van der Waals surface area contributed by atoms with Crippen molar-refractivity contribution in [3.05, 3.63) is 65.5 Å². The topological polar surface area (TPSA) is 83.0 Å². The van der Waals surface area contributed by atoms with Crippen LogP contribution in [0.3, 0.4) is 0 Å². The minimum absolute atomic E-state index is 0.0778. The summed E-state index contributed by atoms with van der Waals surface area (Å²) < 4.78 is 5.58. The highest BCUT2D eigenvalue weighted by atomic mass is 16.5. The molecule has 0 bridgehead atoms. The number of ketones is 1. The molecular weight excluding hydrogens is 382 g/mol. The minimum atomic E-state index is -0.689. The molecule has 2 heterocycles. The zero-order chi connectivity index (χ0) is 21.7. The fraction of sp³-hybridized carbons (Fsp3) is 0.348. The van der Waals surface area contributed by atoms with E-state index in [4.69, 9.17) is 4.74 Å². The molecule has 30 heavy (non-hydrogen) atoms. The van der Waals surface area contributed by atoms with E-state index in [0.29, 0.717) is 36.6 Å². The zero-order valence-electron chi connectivity index (χ0n) is 17.5. The average molecular weight is 409 g/mol. The van der Waals surface area contributed by atoms with Crippen LogP contribution in [0.1, 0.15) is 30.5 Å². The Labute approximate surface area is 176 Å². The molecule has 0 aliphatic carbocycles. The van der Waals surface area contributed by atoms with Gasteiger partial charge in [-0.3, -0.25) is 14.6 Å². The van der Waals surface area contributed by atoms with Gasteiger partial charge in [-0.1, -0.05) is 13.0 Å². The van der Waals surface area contributed by atoms with Crippen LogP contribution in [0, 0.1) is 0 Å². The number of carbonyl (C=O) groups excluding carboxylic acids is 2. The summed E-state index contributed by atoms with van der Waals surface area (Å²) in [4.78, 5) is 33.3. The first-order valence-electron chi connectivity index (χ1n) is 10.00. The largest absolute Gasteiger partial charge is 0.507 e. The van der Waals surface area contributed by atoms with E-state index in [9.17, 15) is 14.7 Å². The van der Waals surface area contributed by atoms with Crippen LogP contribution in [0.15, 0.2) is 54.4 Å². The molecule has 0 spiro atoms. The number of likely N-dealkylation sites (N-methyl/N-ethyl adjacent to an activating group) is 1. The van der Waals surface area contributed by atoms with Gasteiger partial charge in [0.2, 0.25) is 0 Å². The Morgan fingerprint density at radius 2 is 1.93 bits per heavy atom. The number of benzene rings is 1. The van der Waals surface area contributed by atoms with Crippen molar-refractivity contribution in [2.75, 3.05) is 33.8 Å². The molecule has 1 saturated heterocycles. The van der Waals surface area contributed by atoms with Crippen molar-refractivity contribution in [1.29, 1.82) is 0 Å². The average Bonchev–Trinajstić information content (AvgIpc) is 3.01. The summed E-state index contributed by atoms with van der Waals surface area (Å²) in [6.45, 7) is 3.57. The molecule has 158 valence electrons. The number of hydrogen-bond acceptors (Lipinski definition) is 6. The van der Waals surface area contributed by atoms with E-state index in [1.807, 2.05) is 25.9 Å². The van der Waals surface area contributed by atoms with Gasteiger partial charge < -0.3 is 19.6 Å². The quantitative estimate of drug-likeness (QED) is 0.410. The van der Waals surface area contributed by atoms with Crippen molar-refractivity contribution < 1.29 is 19.4 Å². The number of aliphatic hydroxyl groups is 1. The van der Waals surface area contributed by atoms with Gasteiger partial charge in [-0.25, -0.2) is 0 Å². The molecule has 0 unspecified atom stereocenters. The monoisotopic (exact) mass is 409 g/mol. The van der Waals surface area contributed by atoms with Crippen LogP contribution < -0.4 is 4.74 Å². The maximum Gasteiger partial charge on any atom is 0.295 e. The van der Waals surface area contributed by atoms with Gasteiger partial charge in [0.25, 0.3) is 11.7 Å². The molecule has 1 atom stereocenters. The number of Topliss-reactive ketones (excluding diaryl/α,β-unsaturated/α-hetero) is 1. The summed E-state index contributed by atoms with van der Waals surface area (Å²) in [5.41, 5.74) is 1.22. The number of aliphatic hydroxyl groups excluding tert-OH is 1. The van der Waals surface area contributed by atoms with Crippen LogP contribution in [-0.4, -0.2) is 65.4 Å². The van der Waals surface area contributed by atoms with Crippen molar-refractivity contribution in [1.82, 2.24) is 14.8 Å². The highest BCUT2D eigenvalue weighted by Gasteiger charge is 2.45. The van der Waals surface area contributed by atoms with Crippen LogP contribution in [-0.2, 0) is 9.59 Å². The summed E-state index contributed by atoms with van der Waals surface area (Å²) in [6, 6.07) is 9.73. The van der Waals surface area contributed by atoms with Crippen molar-refractivity contribution in [2.45, 2.75) is 19.4 Å². The van der Waals surface area contributed by atoms with Crippen molar-refractivity contribution >= 4 is 17.4 Å². The molecule has 1 N–H and O–H groups in total. The Hall–Kier alpha value is -3.19. The van der Waals surface area contributed by atoms with Gasteiger partial charge in [0.15, 0.2) is 0 Å². The van der Waals surface area contributed by atoms with Gasteiger partial charge in [0.05, 0.1) is 18.2 Å². The van der Waals surface area contributed by atoms with E-state index in [1.54, 1.807) is 48.8 Å². The second-order valence-corrected chi connectivity index (χ2v) is 7.45. The molecule has 1 aromatic carbocycles. The Morgan fingerprint density at radius 1 is 1.20 bits per heavy atom. The first-order valence-corrected chi connectivity index (χ1v) is 10.00. The molecule has 0 saturated carbocycles. The minimum Gasteiger partial charge on any atom is -0.507 e. The summed E-state index contributed by atoms with van der Waals surface area (Å²) in [6.07, 6.45) is 4.14. The lowest BCUT2D eigenvalue weighted by Gasteiger charge is -2.26. The van der Waals surface area contributed by atoms with E-state index in [1.165, 1.54) is 4.90 Å². The van der Waals surface area contributed by atoms with Crippen molar-refractivity contribution in [3.63, 3.8) is 0 Å². The van der Waals surface area contributed by atoms with Crippen molar-refractivity contribution in [3.8, 4) is 5.75 Å². The molecular formula is C23H27N3O4. The number of nitrogens with zero attached hydrogens (tertiary/aromatic N) is 3. The molecule has 1 fully saturated rings. The number of amides is 1. The van der Waals surface area contributed by atoms with Gasteiger partial charge in [0.1, 0.15) is 11.5 Å². The highest BCUT2D eigenvalue weighted by Crippen LogP contribution is 2.39. The third kappa shape index (κ3) is 4.52. The molecule has 7 nitrogen and oxygen atoms in total. The lowest BCUT2D eigenvalue weighted by molar-refractivity contribution is -0.140. The van der Waals surface area contributed by atoms with Crippen molar-refractivity contribution in [2.24, 2.45) is 0 Å². The van der Waals surface area contributed by atoms with Gasteiger partial charge in [-0.05, 0) is 56.4 Å². The normalized spacial score (nSPS) is 18.3. The number of ether oxygens (including phenoxy) is 1. The second kappa shape index (κ2) is 9.54. The number of pyridine rings is 1. The van der Waals surface area contributed by atoms with E-state index in [2.05, 4.69) is 4.98 Å².